The Morgan fingerprint density at radius 2 is 1.07 bits per heavy atom. The highest BCUT2D eigenvalue weighted by Gasteiger charge is 2.11. The first-order valence-corrected chi connectivity index (χ1v) is 10.1. The van der Waals surface area contributed by atoms with Crippen LogP contribution < -0.4 is 10.6 Å². The molecule has 0 atom stereocenters. The van der Waals surface area contributed by atoms with Gasteiger partial charge in [-0.1, -0.05) is 24.3 Å². The molecular formula is C24H28N2O4. The number of carbonyl (C=O) groups excluding carboxylic acids is 2. The van der Waals surface area contributed by atoms with Gasteiger partial charge in [0.1, 0.15) is 13.5 Å². The minimum absolute atomic E-state index is 0.0429. The molecule has 2 amide bonds. The number of ether oxygens (including phenoxy) is 2. The van der Waals surface area contributed by atoms with Crippen molar-refractivity contribution in [1.29, 1.82) is 0 Å². The van der Waals surface area contributed by atoms with Gasteiger partial charge in [-0.05, 0) is 73.5 Å². The lowest BCUT2D eigenvalue weighted by Gasteiger charge is -2.11. The fourth-order valence-corrected chi connectivity index (χ4v) is 3.08. The van der Waals surface area contributed by atoms with Gasteiger partial charge in [-0.3, -0.25) is 9.59 Å². The van der Waals surface area contributed by atoms with Crippen molar-refractivity contribution in [2.24, 2.45) is 0 Å². The predicted molar refractivity (Wildman–Crippen MR) is 119 cm³/mol. The maximum atomic E-state index is 12.5. The smallest absolute Gasteiger partial charge is 0.253 e. The van der Waals surface area contributed by atoms with Crippen molar-refractivity contribution in [1.82, 2.24) is 10.6 Å². The standard InChI is InChI=1S/C24H28N2O4/c1-15(2)29-13-25-23(27)19-9-7-17-5-6-18-8-10-20(12-22(18)21(17)11-19)24(28)26-14-30-16(3)4/h5-12,15-16H,13-14H2,1-4H3,(H,25,27)(H,26,28). The summed E-state index contributed by atoms with van der Waals surface area (Å²) in [6.45, 7) is 7.97. The van der Waals surface area contributed by atoms with E-state index in [1.807, 2.05) is 64.1 Å². The lowest BCUT2D eigenvalue weighted by Crippen LogP contribution is -2.27. The van der Waals surface area contributed by atoms with E-state index >= 15 is 0 Å². The Hall–Kier alpha value is -2.96. The van der Waals surface area contributed by atoms with E-state index in [9.17, 15) is 9.59 Å². The van der Waals surface area contributed by atoms with Crippen LogP contribution in [0.1, 0.15) is 48.4 Å². The largest absolute Gasteiger partial charge is 0.359 e. The number of hydrogen-bond donors (Lipinski definition) is 2. The highest BCUT2D eigenvalue weighted by molar-refractivity contribution is 6.12. The van der Waals surface area contributed by atoms with Gasteiger partial charge in [0.2, 0.25) is 0 Å². The van der Waals surface area contributed by atoms with E-state index in [4.69, 9.17) is 9.47 Å². The molecule has 0 unspecified atom stereocenters. The normalized spacial score (nSPS) is 11.4. The molecule has 0 saturated carbocycles. The van der Waals surface area contributed by atoms with Crippen molar-refractivity contribution in [3.8, 4) is 0 Å². The number of amides is 2. The van der Waals surface area contributed by atoms with Crippen molar-refractivity contribution in [2.75, 3.05) is 13.5 Å². The molecule has 3 aromatic rings. The third kappa shape index (κ3) is 5.34. The molecule has 3 rings (SSSR count). The van der Waals surface area contributed by atoms with Crippen LogP contribution in [0.4, 0.5) is 0 Å². The Morgan fingerprint density at radius 3 is 1.43 bits per heavy atom. The van der Waals surface area contributed by atoms with Gasteiger partial charge in [-0.25, -0.2) is 0 Å². The minimum atomic E-state index is -0.200. The molecule has 0 aliphatic heterocycles. The summed E-state index contributed by atoms with van der Waals surface area (Å²) in [6.07, 6.45) is 0.0858. The van der Waals surface area contributed by atoms with Gasteiger partial charge < -0.3 is 20.1 Å². The summed E-state index contributed by atoms with van der Waals surface area (Å²) in [7, 11) is 0. The van der Waals surface area contributed by atoms with Gasteiger partial charge in [0, 0.05) is 11.1 Å². The Morgan fingerprint density at radius 1 is 0.700 bits per heavy atom. The number of hydrogen-bond acceptors (Lipinski definition) is 4. The first-order chi connectivity index (χ1) is 14.3. The molecule has 0 bridgehead atoms. The molecule has 0 spiro atoms. The second kappa shape index (κ2) is 9.69. The van der Waals surface area contributed by atoms with Crippen molar-refractivity contribution in [3.05, 3.63) is 59.7 Å². The zero-order chi connectivity index (χ0) is 21.7. The first-order valence-electron chi connectivity index (χ1n) is 10.1. The van der Waals surface area contributed by atoms with Crippen LogP contribution >= 0.6 is 0 Å². The van der Waals surface area contributed by atoms with Gasteiger partial charge in [0.05, 0.1) is 12.2 Å². The quantitative estimate of drug-likeness (QED) is 0.432. The van der Waals surface area contributed by atoms with E-state index in [2.05, 4.69) is 10.6 Å². The van der Waals surface area contributed by atoms with E-state index in [-0.39, 0.29) is 37.5 Å². The number of fused-ring (bicyclic) bond motifs is 3. The van der Waals surface area contributed by atoms with Crippen molar-refractivity contribution in [3.63, 3.8) is 0 Å². The van der Waals surface area contributed by atoms with E-state index in [1.165, 1.54) is 0 Å². The zero-order valence-corrected chi connectivity index (χ0v) is 17.8. The summed E-state index contributed by atoms with van der Waals surface area (Å²) in [4.78, 5) is 25.0. The van der Waals surface area contributed by atoms with E-state index in [0.29, 0.717) is 11.1 Å². The van der Waals surface area contributed by atoms with Crippen LogP contribution in [0.15, 0.2) is 48.5 Å². The second-order valence-corrected chi connectivity index (χ2v) is 7.67. The number of carbonyl (C=O) groups is 2. The molecule has 6 nitrogen and oxygen atoms in total. The fraction of sp³-hybridized carbons (Fsp3) is 0.333. The predicted octanol–water partition coefficient (Wildman–Crippen LogP) is 4.22. The second-order valence-electron chi connectivity index (χ2n) is 7.67. The topological polar surface area (TPSA) is 76.7 Å². The summed E-state index contributed by atoms with van der Waals surface area (Å²) in [5, 5.41) is 9.36. The average Bonchev–Trinajstić information content (AvgIpc) is 2.72. The Kier molecular flexibility index (Phi) is 7.03. The maximum Gasteiger partial charge on any atom is 0.253 e. The van der Waals surface area contributed by atoms with Gasteiger partial charge >= 0.3 is 0 Å². The van der Waals surface area contributed by atoms with Gasteiger partial charge in [0.25, 0.3) is 11.8 Å². The van der Waals surface area contributed by atoms with Crippen LogP contribution in [0.25, 0.3) is 21.5 Å². The molecule has 158 valence electrons. The molecule has 0 radical (unpaired) electrons. The van der Waals surface area contributed by atoms with Crippen LogP contribution in [-0.2, 0) is 9.47 Å². The number of nitrogens with one attached hydrogen (secondary N) is 2. The lowest BCUT2D eigenvalue weighted by molar-refractivity contribution is 0.0552. The van der Waals surface area contributed by atoms with Crippen LogP contribution in [0.2, 0.25) is 0 Å². The Bertz CT molecular complexity index is 975. The van der Waals surface area contributed by atoms with Crippen LogP contribution in [0.3, 0.4) is 0 Å². The first kappa shape index (κ1) is 21.7. The third-order valence-electron chi connectivity index (χ3n) is 4.66. The molecule has 0 fully saturated rings. The molecule has 30 heavy (non-hydrogen) atoms. The molecule has 0 saturated heterocycles. The minimum Gasteiger partial charge on any atom is -0.359 e. The molecule has 0 aromatic heterocycles. The zero-order valence-electron chi connectivity index (χ0n) is 17.8. The molecule has 6 heteroatoms. The number of rotatable bonds is 8. The van der Waals surface area contributed by atoms with Gasteiger partial charge in [-0.2, -0.15) is 0 Å². The SMILES string of the molecule is CC(C)OCNC(=O)c1ccc2ccc3ccc(C(=O)NCOC(C)C)cc3c2c1. The molecule has 0 aliphatic carbocycles. The van der Waals surface area contributed by atoms with Crippen LogP contribution in [-0.4, -0.2) is 37.5 Å². The maximum absolute atomic E-state index is 12.5. The lowest BCUT2D eigenvalue weighted by atomic mass is 9.98. The van der Waals surface area contributed by atoms with E-state index < -0.39 is 0 Å². The summed E-state index contributed by atoms with van der Waals surface area (Å²) in [5.74, 6) is -0.399. The molecule has 0 aliphatic rings. The average molecular weight is 408 g/mol. The van der Waals surface area contributed by atoms with Crippen molar-refractivity contribution >= 4 is 33.4 Å². The van der Waals surface area contributed by atoms with Crippen molar-refractivity contribution in [2.45, 2.75) is 39.9 Å². The van der Waals surface area contributed by atoms with Gasteiger partial charge in [0.15, 0.2) is 0 Å². The molecule has 2 N–H and O–H groups in total. The third-order valence-corrected chi connectivity index (χ3v) is 4.66. The number of benzene rings is 3. The Labute approximate surface area is 176 Å². The molecule has 3 aromatic carbocycles. The highest BCUT2D eigenvalue weighted by atomic mass is 16.5. The van der Waals surface area contributed by atoms with Crippen molar-refractivity contribution < 1.29 is 19.1 Å². The Balaban J connectivity index is 1.89. The van der Waals surface area contributed by atoms with Crippen LogP contribution in [0, 0.1) is 0 Å². The van der Waals surface area contributed by atoms with Gasteiger partial charge in [-0.15, -0.1) is 0 Å². The molecular weight excluding hydrogens is 380 g/mol. The summed E-state index contributed by atoms with van der Waals surface area (Å²) < 4.78 is 10.8. The highest BCUT2D eigenvalue weighted by Crippen LogP contribution is 2.27. The monoisotopic (exact) mass is 408 g/mol. The summed E-state index contributed by atoms with van der Waals surface area (Å²) in [6, 6.07) is 15.1. The van der Waals surface area contributed by atoms with E-state index in [0.717, 1.165) is 21.5 Å². The van der Waals surface area contributed by atoms with Crippen LogP contribution in [0.5, 0.6) is 0 Å². The summed E-state index contributed by atoms with van der Waals surface area (Å²) >= 11 is 0. The molecule has 0 heterocycles. The summed E-state index contributed by atoms with van der Waals surface area (Å²) in [5.41, 5.74) is 1.09. The van der Waals surface area contributed by atoms with E-state index in [1.54, 1.807) is 12.1 Å². The fourth-order valence-electron chi connectivity index (χ4n) is 3.08.